The molecule has 138 valence electrons. The minimum Gasteiger partial charge on any atom is -0.465 e. The van der Waals surface area contributed by atoms with Crippen molar-refractivity contribution in [2.24, 2.45) is 0 Å². The molecule has 0 aliphatic heterocycles. The molecule has 0 spiro atoms. The molecule has 2 amide bonds. The van der Waals surface area contributed by atoms with Gasteiger partial charge in [0.05, 0.1) is 19.2 Å². The van der Waals surface area contributed by atoms with Gasteiger partial charge in [-0.25, -0.2) is 9.78 Å². The van der Waals surface area contributed by atoms with Crippen LogP contribution in [-0.2, 0) is 16.0 Å². The number of ether oxygens (including phenoxy) is 1. The average Bonchev–Trinajstić information content (AvgIpc) is 3.31. The highest BCUT2D eigenvalue weighted by atomic mass is 32.1. The molecule has 0 atom stereocenters. The second kappa shape index (κ2) is 8.56. The normalized spacial score (nSPS) is 10.3. The Balaban J connectivity index is 1.62. The molecule has 7 nitrogen and oxygen atoms in total. The minimum absolute atomic E-state index is 0.150. The molecule has 0 aliphatic carbocycles. The van der Waals surface area contributed by atoms with Gasteiger partial charge in [-0.3, -0.25) is 9.59 Å². The number of anilines is 2. The van der Waals surface area contributed by atoms with Gasteiger partial charge in [0, 0.05) is 5.38 Å². The van der Waals surface area contributed by atoms with E-state index in [0.29, 0.717) is 15.7 Å². The second-order valence-electron chi connectivity index (χ2n) is 5.36. The minimum atomic E-state index is -0.521. The van der Waals surface area contributed by atoms with E-state index in [9.17, 15) is 14.4 Å². The smallest absolute Gasteiger partial charge is 0.350 e. The van der Waals surface area contributed by atoms with Crippen molar-refractivity contribution in [2.45, 2.75) is 6.42 Å². The molecule has 27 heavy (non-hydrogen) atoms. The first-order chi connectivity index (χ1) is 13.1. The molecule has 2 heterocycles. The second-order valence-corrected chi connectivity index (χ2v) is 7.13. The fraction of sp³-hybridized carbons (Fsp3) is 0.111. The van der Waals surface area contributed by atoms with E-state index in [1.165, 1.54) is 23.8 Å². The Hall–Kier alpha value is -3.04. The third-order valence-corrected chi connectivity index (χ3v) is 5.13. The molecule has 0 unspecified atom stereocenters. The summed E-state index contributed by atoms with van der Waals surface area (Å²) in [6.45, 7) is 0. The van der Waals surface area contributed by atoms with Crippen molar-refractivity contribution in [2.75, 3.05) is 17.7 Å². The Bertz CT molecular complexity index is 966. The van der Waals surface area contributed by atoms with Gasteiger partial charge in [-0.05, 0) is 17.0 Å². The molecule has 1 aromatic carbocycles. The molecular weight excluding hydrogens is 386 g/mol. The standard InChI is InChI=1S/C18H15N3O4S2/c1-25-17(24)15-12(7-8-26-15)19-16(23)13-10-27-18(20-13)21-14(22)9-11-5-3-2-4-6-11/h2-8,10H,9H2,1H3,(H,19,23)(H,20,21,22). The maximum absolute atomic E-state index is 12.3. The predicted molar refractivity (Wildman–Crippen MR) is 105 cm³/mol. The van der Waals surface area contributed by atoms with E-state index in [-0.39, 0.29) is 18.0 Å². The summed E-state index contributed by atoms with van der Waals surface area (Å²) >= 11 is 2.32. The van der Waals surface area contributed by atoms with Crippen LogP contribution in [-0.4, -0.2) is 29.9 Å². The number of amides is 2. The Morgan fingerprint density at radius 1 is 1.07 bits per heavy atom. The maximum Gasteiger partial charge on any atom is 0.350 e. The number of aromatic nitrogens is 1. The van der Waals surface area contributed by atoms with E-state index in [0.717, 1.165) is 16.9 Å². The summed E-state index contributed by atoms with van der Waals surface area (Å²) in [5.74, 6) is -1.21. The van der Waals surface area contributed by atoms with E-state index in [1.807, 2.05) is 30.3 Å². The molecule has 2 aromatic heterocycles. The topological polar surface area (TPSA) is 97.4 Å². The van der Waals surface area contributed by atoms with Gasteiger partial charge < -0.3 is 15.4 Å². The van der Waals surface area contributed by atoms with Gasteiger partial charge in [0.2, 0.25) is 5.91 Å². The van der Waals surface area contributed by atoms with E-state index in [4.69, 9.17) is 0 Å². The van der Waals surface area contributed by atoms with Crippen LogP contribution in [0.1, 0.15) is 25.7 Å². The molecule has 0 fully saturated rings. The number of benzene rings is 1. The van der Waals surface area contributed by atoms with Gasteiger partial charge in [-0.1, -0.05) is 30.3 Å². The highest BCUT2D eigenvalue weighted by Gasteiger charge is 2.18. The van der Waals surface area contributed by atoms with Gasteiger partial charge in [-0.15, -0.1) is 22.7 Å². The van der Waals surface area contributed by atoms with Crippen LogP contribution >= 0.6 is 22.7 Å². The molecule has 0 bridgehead atoms. The zero-order chi connectivity index (χ0) is 19.2. The predicted octanol–water partition coefficient (Wildman–Crippen LogP) is 3.42. The number of thiazole rings is 1. The lowest BCUT2D eigenvalue weighted by Crippen LogP contribution is -2.16. The van der Waals surface area contributed by atoms with Crippen LogP contribution in [0.4, 0.5) is 10.8 Å². The average molecular weight is 401 g/mol. The number of carbonyl (C=O) groups excluding carboxylic acids is 3. The molecule has 0 radical (unpaired) electrons. The number of nitrogens with zero attached hydrogens (tertiary/aromatic N) is 1. The fourth-order valence-electron chi connectivity index (χ4n) is 2.22. The largest absolute Gasteiger partial charge is 0.465 e. The van der Waals surface area contributed by atoms with E-state index in [1.54, 1.807) is 11.4 Å². The summed E-state index contributed by atoms with van der Waals surface area (Å²) in [6, 6.07) is 10.9. The maximum atomic E-state index is 12.3. The van der Waals surface area contributed by atoms with Crippen LogP contribution in [0.25, 0.3) is 0 Å². The highest BCUT2D eigenvalue weighted by molar-refractivity contribution is 7.14. The third kappa shape index (κ3) is 4.78. The fourth-order valence-corrected chi connectivity index (χ4v) is 3.70. The Kier molecular flexibility index (Phi) is 5.94. The van der Waals surface area contributed by atoms with Crippen molar-refractivity contribution < 1.29 is 19.1 Å². The number of hydrogen-bond donors (Lipinski definition) is 2. The van der Waals surface area contributed by atoms with Crippen molar-refractivity contribution in [1.29, 1.82) is 0 Å². The summed E-state index contributed by atoms with van der Waals surface area (Å²) in [7, 11) is 1.28. The number of carbonyl (C=O) groups is 3. The van der Waals surface area contributed by atoms with Gasteiger partial charge in [-0.2, -0.15) is 0 Å². The van der Waals surface area contributed by atoms with Crippen molar-refractivity contribution in [3.8, 4) is 0 Å². The van der Waals surface area contributed by atoms with Crippen molar-refractivity contribution in [3.05, 3.63) is 63.3 Å². The Morgan fingerprint density at radius 2 is 1.85 bits per heavy atom. The third-order valence-electron chi connectivity index (χ3n) is 3.47. The van der Waals surface area contributed by atoms with Crippen LogP contribution in [0.5, 0.6) is 0 Å². The molecule has 3 aromatic rings. The number of thiophene rings is 1. The first-order valence-electron chi connectivity index (χ1n) is 7.83. The van der Waals surface area contributed by atoms with Gasteiger partial charge in [0.25, 0.3) is 5.91 Å². The summed E-state index contributed by atoms with van der Waals surface area (Å²) in [5, 5.41) is 8.86. The highest BCUT2D eigenvalue weighted by Crippen LogP contribution is 2.24. The zero-order valence-electron chi connectivity index (χ0n) is 14.2. The number of esters is 1. The SMILES string of the molecule is COC(=O)c1sccc1NC(=O)c1csc(NC(=O)Cc2ccccc2)n1. The Labute approximate surface area is 163 Å². The lowest BCUT2D eigenvalue weighted by atomic mass is 10.1. The molecule has 9 heteroatoms. The van der Waals surface area contributed by atoms with Crippen molar-refractivity contribution >= 4 is 51.3 Å². The zero-order valence-corrected chi connectivity index (χ0v) is 15.9. The van der Waals surface area contributed by atoms with E-state index < -0.39 is 11.9 Å². The summed E-state index contributed by atoms with van der Waals surface area (Å²) in [5.41, 5.74) is 1.40. The molecule has 0 saturated heterocycles. The van der Waals surface area contributed by atoms with Crippen LogP contribution in [0.2, 0.25) is 0 Å². The van der Waals surface area contributed by atoms with E-state index >= 15 is 0 Å². The van der Waals surface area contributed by atoms with Gasteiger partial charge >= 0.3 is 5.97 Å². The van der Waals surface area contributed by atoms with Gasteiger partial charge in [0.1, 0.15) is 10.6 Å². The first kappa shape index (κ1) is 18.7. The molecule has 0 saturated carbocycles. The summed E-state index contributed by atoms with van der Waals surface area (Å²) in [4.78, 5) is 40.5. The monoisotopic (exact) mass is 401 g/mol. The summed E-state index contributed by atoms with van der Waals surface area (Å²) in [6.07, 6.45) is 0.222. The number of methoxy groups -OCH3 is 1. The van der Waals surface area contributed by atoms with Crippen LogP contribution in [0, 0.1) is 0 Å². The summed E-state index contributed by atoms with van der Waals surface area (Å²) < 4.78 is 4.68. The molecular formula is C18H15N3O4S2. The van der Waals surface area contributed by atoms with E-state index in [2.05, 4.69) is 20.4 Å². The van der Waals surface area contributed by atoms with Crippen molar-refractivity contribution in [1.82, 2.24) is 4.98 Å². The quantitative estimate of drug-likeness (QED) is 0.617. The number of hydrogen-bond acceptors (Lipinski definition) is 7. The van der Waals surface area contributed by atoms with Crippen LogP contribution in [0.15, 0.2) is 47.2 Å². The molecule has 0 aliphatic rings. The lowest BCUT2D eigenvalue weighted by molar-refractivity contribution is -0.115. The number of nitrogens with one attached hydrogen (secondary N) is 2. The lowest BCUT2D eigenvalue weighted by Gasteiger charge is -2.04. The van der Waals surface area contributed by atoms with Crippen molar-refractivity contribution in [3.63, 3.8) is 0 Å². The van der Waals surface area contributed by atoms with Gasteiger partial charge in [0.15, 0.2) is 5.13 Å². The number of rotatable bonds is 6. The first-order valence-corrected chi connectivity index (χ1v) is 9.59. The molecule has 3 rings (SSSR count). The molecule has 2 N–H and O–H groups in total. The van der Waals surface area contributed by atoms with Crippen LogP contribution in [0.3, 0.4) is 0 Å². The Morgan fingerprint density at radius 3 is 2.59 bits per heavy atom. The van der Waals surface area contributed by atoms with Crippen LogP contribution < -0.4 is 10.6 Å².